The number of carbonyl (C=O) groups is 1. The Labute approximate surface area is 116 Å². The number of hydrogen-bond acceptors (Lipinski definition) is 3. The summed E-state index contributed by atoms with van der Waals surface area (Å²) in [5.74, 6) is -0.282. The molecule has 0 aromatic heterocycles. The summed E-state index contributed by atoms with van der Waals surface area (Å²) >= 11 is 0. The molecule has 0 bridgehead atoms. The summed E-state index contributed by atoms with van der Waals surface area (Å²) in [5, 5.41) is 5.77. The molecular formula is C14H17F2N3O. The van der Waals surface area contributed by atoms with Gasteiger partial charge in [0.15, 0.2) is 0 Å². The highest BCUT2D eigenvalue weighted by Crippen LogP contribution is 2.26. The van der Waals surface area contributed by atoms with E-state index in [1.54, 1.807) is 0 Å². The molecule has 2 atom stereocenters. The number of anilines is 1. The molecule has 0 aliphatic carbocycles. The molecule has 20 heavy (non-hydrogen) atoms. The molecule has 2 N–H and O–H groups in total. The van der Waals surface area contributed by atoms with Crippen molar-refractivity contribution < 1.29 is 13.6 Å². The molecule has 2 fully saturated rings. The lowest BCUT2D eigenvalue weighted by atomic mass is 10.0. The molecule has 1 amide bonds. The molecule has 4 nitrogen and oxygen atoms in total. The van der Waals surface area contributed by atoms with Crippen molar-refractivity contribution in [3.63, 3.8) is 0 Å². The zero-order chi connectivity index (χ0) is 14.1. The van der Waals surface area contributed by atoms with Gasteiger partial charge in [0.2, 0.25) is 5.91 Å². The van der Waals surface area contributed by atoms with E-state index in [2.05, 4.69) is 15.5 Å². The number of benzene rings is 1. The van der Waals surface area contributed by atoms with Gasteiger partial charge in [-0.1, -0.05) is 0 Å². The number of fused-ring (bicyclic) bond motifs is 1. The molecule has 0 saturated carbocycles. The molecule has 2 aliphatic rings. The topological polar surface area (TPSA) is 44.4 Å². The maximum absolute atomic E-state index is 13.4. The number of amides is 1. The van der Waals surface area contributed by atoms with Crippen molar-refractivity contribution in [2.75, 3.05) is 38.0 Å². The van der Waals surface area contributed by atoms with Crippen LogP contribution < -0.4 is 10.6 Å². The van der Waals surface area contributed by atoms with Crippen LogP contribution in [0.25, 0.3) is 0 Å². The zero-order valence-corrected chi connectivity index (χ0v) is 11.0. The van der Waals surface area contributed by atoms with Gasteiger partial charge >= 0.3 is 0 Å². The third-order valence-electron chi connectivity index (χ3n) is 4.03. The summed E-state index contributed by atoms with van der Waals surface area (Å²) in [6.07, 6.45) is 0. The number of halogens is 2. The Hall–Kier alpha value is -1.53. The number of hydrogen-bond donors (Lipinski definition) is 2. The highest BCUT2D eigenvalue weighted by Gasteiger charge is 2.36. The number of nitrogens with zero attached hydrogens (tertiary/aromatic N) is 1. The number of rotatable bonds is 3. The minimum atomic E-state index is -0.623. The molecule has 2 saturated heterocycles. The average Bonchev–Trinajstić information content (AvgIpc) is 2.94. The SMILES string of the molecule is O=C(CN1CC2CNCC2C1)Nc1cc(F)ccc1F. The molecule has 2 heterocycles. The Morgan fingerprint density at radius 1 is 1.30 bits per heavy atom. The molecule has 6 heteroatoms. The Morgan fingerprint density at radius 3 is 2.70 bits per heavy atom. The van der Waals surface area contributed by atoms with E-state index in [9.17, 15) is 13.6 Å². The Morgan fingerprint density at radius 2 is 2.00 bits per heavy atom. The van der Waals surface area contributed by atoms with Crippen LogP contribution in [-0.4, -0.2) is 43.5 Å². The van der Waals surface area contributed by atoms with Crippen LogP contribution in [0.5, 0.6) is 0 Å². The maximum Gasteiger partial charge on any atom is 0.238 e. The number of carbonyl (C=O) groups excluding carboxylic acids is 1. The molecule has 2 aliphatic heterocycles. The highest BCUT2D eigenvalue weighted by molar-refractivity contribution is 5.92. The van der Waals surface area contributed by atoms with E-state index >= 15 is 0 Å². The van der Waals surface area contributed by atoms with Gasteiger partial charge in [-0.05, 0) is 37.1 Å². The number of nitrogens with one attached hydrogen (secondary N) is 2. The third kappa shape index (κ3) is 2.81. The molecule has 0 radical (unpaired) electrons. The van der Waals surface area contributed by atoms with E-state index < -0.39 is 11.6 Å². The van der Waals surface area contributed by atoms with Gasteiger partial charge in [-0.3, -0.25) is 9.69 Å². The van der Waals surface area contributed by atoms with Gasteiger partial charge in [0, 0.05) is 19.2 Å². The Bertz CT molecular complexity index is 511. The van der Waals surface area contributed by atoms with Crippen LogP contribution in [0.1, 0.15) is 0 Å². The van der Waals surface area contributed by atoms with Crippen molar-refractivity contribution in [2.24, 2.45) is 11.8 Å². The lowest BCUT2D eigenvalue weighted by Crippen LogP contribution is -2.33. The van der Waals surface area contributed by atoms with E-state index in [-0.39, 0.29) is 18.1 Å². The van der Waals surface area contributed by atoms with Crippen LogP contribution in [0.3, 0.4) is 0 Å². The van der Waals surface area contributed by atoms with Crippen LogP contribution in [0.2, 0.25) is 0 Å². The smallest absolute Gasteiger partial charge is 0.238 e. The van der Waals surface area contributed by atoms with Gasteiger partial charge in [0.05, 0.1) is 12.2 Å². The predicted molar refractivity (Wildman–Crippen MR) is 71.3 cm³/mol. The standard InChI is InChI=1S/C14H17F2N3O/c15-11-1-2-12(16)13(3-11)18-14(20)8-19-6-9-4-17-5-10(9)7-19/h1-3,9-10,17H,4-8H2,(H,18,20). The maximum atomic E-state index is 13.4. The van der Waals surface area contributed by atoms with Gasteiger partial charge in [0.1, 0.15) is 11.6 Å². The van der Waals surface area contributed by atoms with Gasteiger partial charge in [0.25, 0.3) is 0 Å². The van der Waals surface area contributed by atoms with Crippen molar-refractivity contribution in [1.29, 1.82) is 0 Å². The fraction of sp³-hybridized carbons (Fsp3) is 0.500. The van der Waals surface area contributed by atoms with Gasteiger partial charge in [-0.15, -0.1) is 0 Å². The van der Waals surface area contributed by atoms with Gasteiger partial charge in [-0.25, -0.2) is 8.78 Å². The highest BCUT2D eigenvalue weighted by atomic mass is 19.1. The monoisotopic (exact) mass is 281 g/mol. The van der Waals surface area contributed by atoms with E-state index in [1.165, 1.54) is 0 Å². The van der Waals surface area contributed by atoms with E-state index in [0.29, 0.717) is 11.8 Å². The summed E-state index contributed by atoms with van der Waals surface area (Å²) in [4.78, 5) is 14.0. The normalized spacial score (nSPS) is 25.7. The first kappa shape index (κ1) is 13.5. The van der Waals surface area contributed by atoms with E-state index in [1.807, 2.05) is 0 Å². The fourth-order valence-corrected chi connectivity index (χ4v) is 3.07. The molecule has 1 aromatic carbocycles. The van der Waals surface area contributed by atoms with Crippen LogP contribution in [0.4, 0.5) is 14.5 Å². The molecule has 2 unspecified atom stereocenters. The lowest BCUT2D eigenvalue weighted by molar-refractivity contribution is -0.117. The molecule has 0 spiro atoms. The van der Waals surface area contributed by atoms with Crippen LogP contribution >= 0.6 is 0 Å². The summed E-state index contributed by atoms with van der Waals surface area (Å²) in [5.41, 5.74) is -0.101. The second-order valence-electron chi connectivity index (χ2n) is 5.54. The summed E-state index contributed by atoms with van der Waals surface area (Å²) in [6.45, 7) is 4.00. The summed E-state index contributed by atoms with van der Waals surface area (Å²) < 4.78 is 26.5. The van der Waals surface area contributed by atoms with Gasteiger partial charge in [-0.2, -0.15) is 0 Å². The first-order valence-corrected chi connectivity index (χ1v) is 6.80. The first-order chi connectivity index (χ1) is 9.61. The summed E-state index contributed by atoms with van der Waals surface area (Å²) in [7, 11) is 0. The Balaban J connectivity index is 1.56. The van der Waals surface area contributed by atoms with Crippen molar-refractivity contribution >= 4 is 11.6 Å². The molecular weight excluding hydrogens is 264 g/mol. The second kappa shape index (κ2) is 5.46. The predicted octanol–water partition coefficient (Wildman–Crippen LogP) is 1.05. The average molecular weight is 281 g/mol. The van der Waals surface area contributed by atoms with Crippen molar-refractivity contribution in [3.8, 4) is 0 Å². The largest absolute Gasteiger partial charge is 0.322 e. The zero-order valence-electron chi connectivity index (χ0n) is 11.0. The van der Waals surface area contributed by atoms with Crippen molar-refractivity contribution in [2.45, 2.75) is 0 Å². The lowest BCUT2D eigenvalue weighted by Gasteiger charge is -2.16. The van der Waals surface area contributed by atoms with Crippen molar-refractivity contribution in [1.82, 2.24) is 10.2 Å². The number of likely N-dealkylation sites (tertiary alicyclic amines) is 1. The third-order valence-corrected chi connectivity index (χ3v) is 4.03. The summed E-state index contributed by atoms with van der Waals surface area (Å²) in [6, 6.07) is 3.03. The fourth-order valence-electron chi connectivity index (χ4n) is 3.07. The van der Waals surface area contributed by atoms with E-state index in [4.69, 9.17) is 0 Å². The molecule has 1 aromatic rings. The Kier molecular flexibility index (Phi) is 3.67. The van der Waals surface area contributed by atoms with Crippen LogP contribution in [-0.2, 0) is 4.79 Å². The van der Waals surface area contributed by atoms with Crippen LogP contribution in [0.15, 0.2) is 18.2 Å². The minimum absolute atomic E-state index is 0.101. The first-order valence-electron chi connectivity index (χ1n) is 6.80. The quantitative estimate of drug-likeness (QED) is 0.870. The minimum Gasteiger partial charge on any atom is -0.322 e. The van der Waals surface area contributed by atoms with Gasteiger partial charge < -0.3 is 10.6 Å². The molecule has 108 valence electrons. The second-order valence-corrected chi connectivity index (χ2v) is 5.54. The van der Waals surface area contributed by atoms with Crippen LogP contribution in [0, 0.1) is 23.5 Å². The van der Waals surface area contributed by atoms with Crippen molar-refractivity contribution in [3.05, 3.63) is 29.8 Å². The molecule has 3 rings (SSSR count). The van der Waals surface area contributed by atoms with E-state index in [0.717, 1.165) is 44.4 Å².